The lowest BCUT2D eigenvalue weighted by molar-refractivity contribution is 0.426. The normalized spacial score (nSPS) is 14.6. The van der Waals surface area contributed by atoms with Crippen LogP contribution in [0.2, 0.25) is 0 Å². The van der Waals surface area contributed by atoms with E-state index >= 15 is 0 Å². The number of furan rings is 1. The fraction of sp³-hybridized carbons (Fsp3) is 0.0569. The molecule has 7 heterocycles. The van der Waals surface area contributed by atoms with Crippen molar-refractivity contribution >= 4 is 98.5 Å². The first-order chi connectivity index (χ1) is 66.4. The van der Waals surface area contributed by atoms with Crippen molar-refractivity contribution in [2.75, 3.05) is 0 Å². The summed E-state index contributed by atoms with van der Waals surface area (Å²) >= 11 is 0. The number of para-hydroxylation sites is 5. The molecule has 17 aromatic carbocycles. The molecule has 27 rings (SSSR count). The molecule has 0 amide bonds. The van der Waals surface area contributed by atoms with Gasteiger partial charge in [0.1, 0.15) is 28.5 Å². The molecule has 630 valence electrons. The highest BCUT2D eigenvalue weighted by molar-refractivity contribution is 6.19. The number of nitrogens with zero attached hydrogens (tertiary/aromatic N) is 9. The van der Waals surface area contributed by atoms with E-state index in [2.05, 4.69) is 408 Å². The molecule has 2 unspecified atom stereocenters. The fourth-order valence-corrected chi connectivity index (χ4v) is 21.7. The molecule has 6 aromatic heterocycles. The number of hydrogen-bond donors (Lipinski definition) is 0. The van der Waals surface area contributed by atoms with Gasteiger partial charge in [-0.25, -0.2) is 19.9 Å². The quantitative estimate of drug-likeness (QED) is 0.106. The SMILES string of the molecule is C1=CC(c2nc(-c3ccccc3)nc(C3CCc4ccccc4-c4cc(-c5cc(-c6cccc(-c7cccc(-c8nc(-c9ccccc9)nc(-n9c%10ccccc%10c%10cc(C%11=CC=C%12Oc%13cccc(-c%14ccc%15c%16ccccc%16n(-c%16ccccc%16)c%15c%14)c%13C%12C%11)ccc%109)n8)c7)c6)c6oc7cccc(-c8ccc9c(c8)c8ccccc8n9-c8ccccc8)c7c6c5)ccc43)n2)=CCC1. The van der Waals surface area contributed by atoms with Crippen LogP contribution in [0.4, 0.5) is 0 Å². The predicted molar refractivity (Wildman–Crippen MR) is 546 cm³/mol. The Kier molecular flexibility index (Phi) is 17.9. The van der Waals surface area contributed by atoms with E-state index in [-0.39, 0.29) is 11.8 Å². The fourth-order valence-electron chi connectivity index (χ4n) is 21.7. The number of fused-ring (bicyclic) bond motifs is 18. The maximum Gasteiger partial charge on any atom is 0.238 e. The van der Waals surface area contributed by atoms with Gasteiger partial charge in [0.05, 0.1) is 39.0 Å². The van der Waals surface area contributed by atoms with Crippen LogP contribution in [0.3, 0.4) is 0 Å². The number of ether oxygens (including phenoxy) is 1. The molecule has 2 atom stereocenters. The summed E-state index contributed by atoms with van der Waals surface area (Å²) in [6, 6.07) is 140. The van der Waals surface area contributed by atoms with Crippen molar-refractivity contribution in [2.45, 2.75) is 43.9 Å². The van der Waals surface area contributed by atoms with Crippen molar-refractivity contribution in [3.05, 3.63) is 458 Å². The first kappa shape index (κ1) is 76.7. The zero-order valence-corrected chi connectivity index (χ0v) is 72.9. The Hall–Kier alpha value is -17.3. The maximum atomic E-state index is 7.42. The van der Waals surface area contributed by atoms with E-state index in [0.717, 1.165) is 199 Å². The second kappa shape index (κ2) is 31.3. The number of allylic oxidation sites excluding steroid dienone is 8. The zero-order valence-electron chi connectivity index (χ0n) is 72.9. The van der Waals surface area contributed by atoms with Crippen LogP contribution in [-0.4, -0.2) is 43.6 Å². The molecule has 0 saturated carbocycles. The van der Waals surface area contributed by atoms with Crippen LogP contribution in [0, 0.1) is 0 Å². The minimum Gasteiger partial charge on any atom is -0.461 e. The van der Waals surface area contributed by atoms with Gasteiger partial charge in [0.15, 0.2) is 23.3 Å². The highest BCUT2D eigenvalue weighted by Gasteiger charge is 2.37. The highest BCUT2D eigenvalue weighted by atomic mass is 16.5. The number of benzene rings is 17. The average Bonchev–Trinajstić information content (AvgIpc) is 1.57. The molecular formula is C123H81N9O2. The van der Waals surface area contributed by atoms with Crippen molar-refractivity contribution < 1.29 is 9.15 Å². The van der Waals surface area contributed by atoms with Crippen LogP contribution in [0.25, 0.3) is 217 Å². The predicted octanol–water partition coefficient (Wildman–Crippen LogP) is 30.9. The van der Waals surface area contributed by atoms with Crippen LogP contribution in [-0.2, 0) is 6.42 Å². The molecule has 0 fully saturated rings. The molecule has 0 radical (unpaired) electrons. The third-order valence-electron chi connectivity index (χ3n) is 28.0. The van der Waals surface area contributed by atoms with E-state index in [1.165, 1.54) is 66.0 Å². The molecule has 4 aliphatic rings. The monoisotopic (exact) mass is 1720 g/mol. The van der Waals surface area contributed by atoms with E-state index in [4.69, 9.17) is 39.1 Å². The van der Waals surface area contributed by atoms with Crippen molar-refractivity contribution in [1.29, 1.82) is 0 Å². The first-order valence-electron chi connectivity index (χ1n) is 46.3. The Balaban J connectivity index is 0.571. The van der Waals surface area contributed by atoms with Gasteiger partial charge in [-0.05, 0) is 237 Å². The smallest absolute Gasteiger partial charge is 0.238 e. The molecule has 3 aliphatic carbocycles. The highest BCUT2D eigenvalue weighted by Crippen LogP contribution is 2.54. The lowest BCUT2D eigenvalue weighted by Gasteiger charge is -2.20. The number of hydrogen-bond acceptors (Lipinski definition) is 8. The Morgan fingerprint density at radius 1 is 0.306 bits per heavy atom. The molecule has 1 aliphatic heterocycles. The van der Waals surface area contributed by atoms with Crippen LogP contribution in [0.5, 0.6) is 5.75 Å². The van der Waals surface area contributed by atoms with E-state index in [1.54, 1.807) is 0 Å². The van der Waals surface area contributed by atoms with Gasteiger partial charge in [-0.2, -0.15) is 9.97 Å². The average molecular weight is 1720 g/mol. The second-order valence-corrected chi connectivity index (χ2v) is 35.6. The number of aromatic nitrogens is 9. The molecule has 0 bridgehead atoms. The van der Waals surface area contributed by atoms with Crippen molar-refractivity contribution in [2.24, 2.45) is 0 Å². The molecule has 0 spiro atoms. The zero-order chi connectivity index (χ0) is 88.0. The van der Waals surface area contributed by atoms with Gasteiger partial charge in [0.2, 0.25) is 5.95 Å². The molecule has 0 saturated heterocycles. The van der Waals surface area contributed by atoms with Gasteiger partial charge in [0, 0.05) is 93.8 Å². The second-order valence-electron chi connectivity index (χ2n) is 35.6. The Morgan fingerprint density at radius 2 is 0.821 bits per heavy atom. The summed E-state index contributed by atoms with van der Waals surface area (Å²) in [5.74, 6) is 5.56. The van der Waals surface area contributed by atoms with E-state index < -0.39 is 0 Å². The molecule has 134 heavy (non-hydrogen) atoms. The molecule has 23 aromatic rings. The molecule has 11 heteroatoms. The minimum atomic E-state index is -0.135. The van der Waals surface area contributed by atoms with Gasteiger partial charge >= 0.3 is 0 Å². The Morgan fingerprint density at radius 3 is 1.56 bits per heavy atom. The van der Waals surface area contributed by atoms with Crippen LogP contribution >= 0.6 is 0 Å². The summed E-state index contributed by atoms with van der Waals surface area (Å²) in [6.07, 6.45) is 15.5. The van der Waals surface area contributed by atoms with Crippen LogP contribution in [0.1, 0.15) is 71.4 Å². The Bertz CT molecular complexity index is 8960. The van der Waals surface area contributed by atoms with E-state index in [1.807, 2.05) is 24.3 Å². The van der Waals surface area contributed by atoms with Crippen LogP contribution in [0.15, 0.2) is 429 Å². The summed E-state index contributed by atoms with van der Waals surface area (Å²) in [7, 11) is 0. The van der Waals surface area contributed by atoms with E-state index in [0.29, 0.717) is 29.2 Å². The van der Waals surface area contributed by atoms with Gasteiger partial charge in [-0.3, -0.25) is 4.57 Å². The summed E-state index contributed by atoms with van der Waals surface area (Å²) in [5.41, 5.74) is 33.3. The third kappa shape index (κ3) is 12.8. The van der Waals surface area contributed by atoms with Gasteiger partial charge < -0.3 is 18.3 Å². The number of aryl methyl sites for hydroxylation is 1. The van der Waals surface area contributed by atoms with Gasteiger partial charge in [-0.15, -0.1) is 0 Å². The lowest BCUT2D eigenvalue weighted by Crippen LogP contribution is -2.12. The molecule has 0 N–H and O–H groups in total. The summed E-state index contributed by atoms with van der Waals surface area (Å²) in [6.45, 7) is 0. The van der Waals surface area contributed by atoms with Crippen molar-refractivity contribution in [3.63, 3.8) is 0 Å². The van der Waals surface area contributed by atoms with E-state index in [9.17, 15) is 0 Å². The molecule has 11 nitrogen and oxygen atoms in total. The summed E-state index contributed by atoms with van der Waals surface area (Å²) in [5, 5.41) is 9.09. The van der Waals surface area contributed by atoms with Gasteiger partial charge in [0.25, 0.3) is 0 Å². The maximum absolute atomic E-state index is 7.42. The van der Waals surface area contributed by atoms with Gasteiger partial charge in [-0.1, -0.05) is 297 Å². The van der Waals surface area contributed by atoms with Crippen molar-refractivity contribution in [3.8, 4) is 124 Å². The summed E-state index contributed by atoms with van der Waals surface area (Å²) in [4.78, 5) is 32.5. The third-order valence-corrected chi connectivity index (χ3v) is 28.0. The summed E-state index contributed by atoms with van der Waals surface area (Å²) < 4.78 is 21.2. The molecular weight excluding hydrogens is 1640 g/mol. The number of rotatable bonds is 14. The first-order valence-corrected chi connectivity index (χ1v) is 46.3. The lowest BCUT2D eigenvalue weighted by atomic mass is 9.82. The topological polar surface area (TPSA) is 115 Å². The minimum absolute atomic E-state index is 0.0154. The standard InChI is InChI=1S/C123H81N9O2/c1-6-29-76(30-7-1)118-124-119(77-31-8-2-9-32-77)127-122(126-118)99-62-54-75-28-16-17-43-91(75)101-68-83(55-60-94(99)101)88-72-100(117-105(73-88)116-92(47-27-53-114(116)134-117)85-58-64-109-103(71-85)96-45-19-22-50-107(96)130(109)89-39-12-4-13-40-89)84-37-24-35-79(66-84)80-36-25-38-87(67-80)121-125-120(78-33-10-3-11-34-78)128-123(129-121)132-108-51-23-20-46-97(108)102-69-81(57-63-110(102)132)82-59-65-112-104(70-82)115-93(48-26-52-113(115)133-112)86-56-61-98-95-44-18-21-49-106(95)131(111(98)74-86)90-41-14-5-15-42-90/h1,3-8,10-53,55-61,63-69,71-74,99,104H,2,9,54,62,70H2. The van der Waals surface area contributed by atoms with Crippen molar-refractivity contribution in [1.82, 2.24) is 43.6 Å². The van der Waals surface area contributed by atoms with Crippen LogP contribution < -0.4 is 4.74 Å². The largest absolute Gasteiger partial charge is 0.461 e. The Labute approximate surface area is 772 Å².